The summed E-state index contributed by atoms with van der Waals surface area (Å²) in [7, 11) is 1.62. The lowest BCUT2D eigenvalue weighted by molar-refractivity contribution is -0.127. The van der Waals surface area contributed by atoms with Gasteiger partial charge in [0.05, 0.1) is 13.2 Å². The van der Waals surface area contributed by atoms with Crippen LogP contribution in [-0.4, -0.2) is 19.1 Å². The van der Waals surface area contributed by atoms with Crippen LogP contribution in [0.4, 0.5) is 0 Å². The van der Waals surface area contributed by atoms with Gasteiger partial charge in [-0.05, 0) is 44.2 Å². The van der Waals surface area contributed by atoms with E-state index >= 15 is 0 Å². The summed E-state index contributed by atoms with van der Waals surface area (Å²) in [6.45, 7) is 3.65. The standard InChI is InChI=1S/C18H20BrNO3/c1-12(16-6-4-5-7-17(16)22-3)20-18(21)13(2)23-15-10-8-14(19)9-11-15/h4-13H,1-3H3,(H,20,21)/t12-,13+/m0/s1. The molecule has 4 nitrogen and oxygen atoms in total. The molecule has 0 unspecified atom stereocenters. The average Bonchev–Trinajstić information content (AvgIpc) is 2.56. The van der Waals surface area contributed by atoms with Crippen molar-refractivity contribution in [3.8, 4) is 11.5 Å². The zero-order valence-corrected chi connectivity index (χ0v) is 15.0. The summed E-state index contributed by atoms with van der Waals surface area (Å²) < 4.78 is 12.0. The van der Waals surface area contributed by atoms with Gasteiger partial charge in [0.15, 0.2) is 6.10 Å². The number of methoxy groups -OCH3 is 1. The Morgan fingerprint density at radius 1 is 1.09 bits per heavy atom. The van der Waals surface area contributed by atoms with Crippen molar-refractivity contribution >= 4 is 21.8 Å². The Labute approximate surface area is 144 Å². The molecule has 0 spiro atoms. The fourth-order valence-corrected chi connectivity index (χ4v) is 2.47. The first kappa shape index (κ1) is 17.3. The molecule has 0 fully saturated rings. The van der Waals surface area contributed by atoms with Crippen molar-refractivity contribution in [3.63, 3.8) is 0 Å². The molecule has 1 N–H and O–H groups in total. The predicted octanol–water partition coefficient (Wildman–Crippen LogP) is 4.10. The van der Waals surface area contributed by atoms with Crippen molar-refractivity contribution in [1.82, 2.24) is 5.32 Å². The smallest absolute Gasteiger partial charge is 0.261 e. The average molecular weight is 378 g/mol. The fourth-order valence-electron chi connectivity index (χ4n) is 2.20. The molecule has 0 radical (unpaired) electrons. The number of nitrogens with one attached hydrogen (secondary N) is 1. The summed E-state index contributed by atoms with van der Waals surface area (Å²) in [6, 6.07) is 14.8. The Morgan fingerprint density at radius 3 is 2.39 bits per heavy atom. The first-order valence-electron chi connectivity index (χ1n) is 7.36. The third kappa shape index (κ3) is 4.73. The number of carbonyl (C=O) groups excluding carboxylic acids is 1. The van der Waals surface area contributed by atoms with Crippen molar-refractivity contribution in [3.05, 3.63) is 58.6 Å². The largest absolute Gasteiger partial charge is 0.496 e. The quantitative estimate of drug-likeness (QED) is 0.823. The molecule has 122 valence electrons. The topological polar surface area (TPSA) is 47.6 Å². The molecule has 0 aliphatic carbocycles. The van der Waals surface area contributed by atoms with Crippen molar-refractivity contribution in [1.29, 1.82) is 0 Å². The van der Waals surface area contributed by atoms with Crippen LogP contribution in [0.25, 0.3) is 0 Å². The van der Waals surface area contributed by atoms with E-state index in [2.05, 4.69) is 21.2 Å². The number of rotatable bonds is 6. The van der Waals surface area contributed by atoms with E-state index in [9.17, 15) is 4.79 Å². The van der Waals surface area contributed by atoms with E-state index in [1.165, 1.54) is 0 Å². The van der Waals surface area contributed by atoms with Gasteiger partial charge in [-0.1, -0.05) is 34.1 Å². The first-order chi connectivity index (χ1) is 11.0. The molecule has 2 rings (SSSR count). The summed E-state index contributed by atoms with van der Waals surface area (Å²) in [5, 5.41) is 2.95. The van der Waals surface area contributed by atoms with Crippen molar-refractivity contribution < 1.29 is 14.3 Å². The van der Waals surface area contributed by atoms with Crippen molar-refractivity contribution in [2.24, 2.45) is 0 Å². The fraction of sp³-hybridized carbons (Fsp3) is 0.278. The zero-order valence-electron chi connectivity index (χ0n) is 13.4. The Balaban J connectivity index is 1.98. The van der Waals surface area contributed by atoms with Gasteiger partial charge in [0.1, 0.15) is 11.5 Å². The lowest BCUT2D eigenvalue weighted by atomic mass is 10.1. The van der Waals surface area contributed by atoms with Crippen molar-refractivity contribution in [2.75, 3.05) is 7.11 Å². The molecular formula is C18H20BrNO3. The monoisotopic (exact) mass is 377 g/mol. The van der Waals surface area contributed by atoms with Gasteiger partial charge in [-0.2, -0.15) is 0 Å². The number of hydrogen-bond donors (Lipinski definition) is 1. The third-order valence-corrected chi connectivity index (χ3v) is 3.99. The SMILES string of the molecule is COc1ccccc1[C@H](C)NC(=O)[C@@H](C)Oc1ccc(Br)cc1. The molecule has 0 heterocycles. The molecule has 0 saturated heterocycles. The van der Waals surface area contributed by atoms with Gasteiger partial charge in [-0.3, -0.25) is 4.79 Å². The minimum Gasteiger partial charge on any atom is -0.496 e. The van der Waals surface area contributed by atoms with Crippen LogP contribution in [0.5, 0.6) is 11.5 Å². The second-order valence-corrected chi connectivity index (χ2v) is 6.10. The number of amides is 1. The van der Waals surface area contributed by atoms with Gasteiger partial charge < -0.3 is 14.8 Å². The number of carbonyl (C=O) groups is 1. The van der Waals surface area contributed by atoms with Gasteiger partial charge in [0.25, 0.3) is 5.91 Å². The maximum atomic E-state index is 12.3. The maximum absolute atomic E-state index is 12.3. The molecule has 2 atom stereocenters. The summed E-state index contributed by atoms with van der Waals surface area (Å²) in [6.07, 6.45) is -0.590. The Kier molecular flexibility index (Phi) is 6.04. The Bertz CT molecular complexity index is 658. The van der Waals surface area contributed by atoms with E-state index in [1.54, 1.807) is 14.0 Å². The second kappa shape index (κ2) is 8.02. The molecular weight excluding hydrogens is 358 g/mol. The second-order valence-electron chi connectivity index (χ2n) is 5.19. The normalized spacial score (nSPS) is 13.0. The van der Waals surface area contributed by atoms with Crippen LogP contribution in [0.3, 0.4) is 0 Å². The summed E-state index contributed by atoms with van der Waals surface area (Å²) in [4.78, 5) is 12.3. The van der Waals surface area contributed by atoms with Gasteiger partial charge in [-0.25, -0.2) is 0 Å². The highest BCUT2D eigenvalue weighted by Gasteiger charge is 2.19. The van der Waals surface area contributed by atoms with Crippen LogP contribution in [-0.2, 0) is 4.79 Å². The van der Waals surface area contributed by atoms with Crippen LogP contribution in [0.1, 0.15) is 25.5 Å². The molecule has 2 aromatic carbocycles. The van der Waals surface area contributed by atoms with E-state index in [4.69, 9.17) is 9.47 Å². The summed E-state index contributed by atoms with van der Waals surface area (Å²) >= 11 is 3.37. The van der Waals surface area contributed by atoms with E-state index in [-0.39, 0.29) is 11.9 Å². The summed E-state index contributed by atoms with van der Waals surface area (Å²) in [5.41, 5.74) is 0.930. The molecule has 2 aromatic rings. The zero-order chi connectivity index (χ0) is 16.8. The van der Waals surface area contributed by atoms with Gasteiger partial charge in [0.2, 0.25) is 0 Å². The molecule has 0 aromatic heterocycles. The number of hydrogen-bond acceptors (Lipinski definition) is 3. The number of para-hydroxylation sites is 1. The van der Waals surface area contributed by atoms with Crippen molar-refractivity contribution in [2.45, 2.75) is 26.0 Å². The highest BCUT2D eigenvalue weighted by Crippen LogP contribution is 2.24. The molecule has 5 heteroatoms. The summed E-state index contributed by atoms with van der Waals surface area (Å²) in [5.74, 6) is 1.23. The van der Waals surface area contributed by atoms with Crippen LogP contribution < -0.4 is 14.8 Å². The first-order valence-corrected chi connectivity index (χ1v) is 8.16. The van der Waals surface area contributed by atoms with E-state index in [1.807, 2.05) is 55.5 Å². The van der Waals surface area contributed by atoms with Crippen LogP contribution in [0, 0.1) is 0 Å². The molecule has 0 bridgehead atoms. The highest BCUT2D eigenvalue weighted by molar-refractivity contribution is 9.10. The molecule has 0 saturated carbocycles. The molecule has 0 aliphatic heterocycles. The molecule has 0 aliphatic rings. The van der Waals surface area contributed by atoms with Gasteiger partial charge in [0, 0.05) is 10.0 Å². The predicted molar refractivity (Wildman–Crippen MR) is 93.8 cm³/mol. The molecule has 1 amide bonds. The van der Waals surface area contributed by atoms with E-state index < -0.39 is 6.10 Å². The number of ether oxygens (including phenoxy) is 2. The van der Waals surface area contributed by atoms with E-state index in [0.29, 0.717) is 5.75 Å². The van der Waals surface area contributed by atoms with Gasteiger partial charge in [-0.15, -0.1) is 0 Å². The minimum atomic E-state index is -0.590. The molecule has 23 heavy (non-hydrogen) atoms. The Morgan fingerprint density at radius 2 is 1.74 bits per heavy atom. The highest BCUT2D eigenvalue weighted by atomic mass is 79.9. The van der Waals surface area contributed by atoms with Crippen LogP contribution >= 0.6 is 15.9 Å². The Hall–Kier alpha value is -2.01. The van der Waals surface area contributed by atoms with Crippen LogP contribution in [0.2, 0.25) is 0 Å². The lowest BCUT2D eigenvalue weighted by Crippen LogP contribution is -2.37. The van der Waals surface area contributed by atoms with Crippen LogP contribution in [0.15, 0.2) is 53.0 Å². The maximum Gasteiger partial charge on any atom is 0.261 e. The third-order valence-electron chi connectivity index (χ3n) is 3.46. The minimum absolute atomic E-state index is 0.172. The number of benzene rings is 2. The van der Waals surface area contributed by atoms with E-state index in [0.717, 1.165) is 15.8 Å². The number of halogens is 1. The lowest BCUT2D eigenvalue weighted by Gasteiger charge is -2.20. The van der Waals surface area contributed by atoms with Gasteiger partial charge >= 0.3 is 0 Å².